The summed E-state index contributed by atoms with van der Waals surface area (Å²) in [5.74, 6) is 0. The molecule has 0 atom stereocenters. The number of allylic oxidation sites excluding steroid dienone is 2. The van der Waals surface area contributed by atoms with Gasteiger partial charge in [-0.15, -0.1) is 0 Å². The fourth-order valence-electron chi connectivity index (χ4n) is 3.53. The van der Waals surface area contributed by atoms with Crippen molar-refractivity contribution in [3.8, 4) is 12.1 Å². The summed E-state index contributed by atoms with van der Waals surface area (Å²) in [7, 11) is 0. The van der Waals surface area contributed by atoms with Gasteiger partial charge >= 0.3 is 0 Å². The van der Waals surface area contributed by atoms with Crippen LogP contribution in [0.1, 0.15) is 50.2 Å². The molecule has 136 valence electrons. The van der Waals surface area contributed by atoms with E-state index in [9.17, 15) is 10.5 Å². The van der Waals surface area contributed by atoms with Crippen LogP contribution in [0.3, 0.4) is 0 Å². The summed E-state index contributed by atoms with van der Waals surface area (Å²) in [5.41, 5.74) is 2.84. The molecule has 0 amide bonds. The van der Waals surface area contributed by atoms with Gasteiger partial charge in [0.2, 0.25) is 0 Å². The van der Waals surface area contributed by atoms with Crippen LogP contribution in [0.4, 0.5) is 0 Å². The van der Waals surface area contributed by atoms with Gasteiger partial charge in [0, 0.05) is 16.9 Å². The molecule has 2 aromatic carbocycles. The summed E-state index contributed by atoms with van der Waals surface area (Å²) in [4.78, 5) is 0. The molecule has 2 heteroatoms. The normalized spacial score (nSPS) is 12.8. The van der Waals surface area contributed by atoms with Crippen molar-refractivity contribution in [2.45, 2.75) is 46.0 Å². The topological polar surface area (TPSA) is 47.6 Å². The van der Waals surface area contributed by atoms with Crippen molar-refractivity contribution in [3.63, 3.8) is 0 Å². The third kappa shape index (κ3) is 4.55. The SMILES string of the molecule is C=C/C=C\c1c(C)c(=CC#N)c2ccccc2/c1=C(\C#N)CCCCCC. The Morgan fingerprint density at radius 1 is 1.11 bits per heavy atom. The highest BCUT2D eigenvalue weighted by atomic mass is 14.3. The van der Waals surface area contributed by atoms with Gasteiger partial charge < -0.3 is 0 Å². The molecule has 0 aromatic heterocycles. The van der Waals surface area contributed by atoms with Gasteiger partial charge in [-0.25, -0.2) is 0 Å². The lowest BCUT2D eigenvalue weighted by atomic mass is 9.91. The lowest BCUT2D eigenvalue weighted by Crippen LogP contribution is -2.22. The first-order valence-electron chi connectivity index (χ1n) is 9.53. The quantitative estimate of drug-likeness (QED) is 0.500. The summed E-state index contributed by atoms with van der Waals surface area (Å²) in [5, 5.41) is 23.1. The van der Waals surface area contributed by atoms with Gasteiger partial charge in [-0.05, 0) is 46.9 Å². The molecule has 0 radical (unpaired) electrons. The second-order valence-corrected chi connectivity index (χ2v) is 6.64. The van der Waals surface area contributed by atoms with E-state index in [1.807, 2.05) is 43.3 Å². The predicted molar refractivity (Wildman–Crippen MR) is 115 cm³/mol. The average molecular weight is 354 g/mol. The molecule has 0 unspecified atom stereocenters. The molecule has 27 heavy (non-hydrogen) atoms. The second kappa shape index (κ2) is 10.1. The van der Waals surface area contributed by atoms with Crippen LogP contribution in [0, 0.1) is 29.6 Å². The van der Waals surface area contributed by atoms with E-state index in [-0.39, 0.29) is 0 Å². The lowest BCUT2D eigenvalue weighted by Gasteiger charge is -2.11. The van der Waals surface area contributed by atoms with Gasteiger partial charge in [0.05, 0.1) is 12.1 Å². The minimum Gasteiger partial charge on any atom is -0.193 e. The zero-order valence-electron chi connectivity index (χ0n) is 16.3. The van der Waals surface area contributed by atoms with E-state index in [1.54, 1.807) is 12.2 Å². The summed E-state index contributed by atoms with van der Waals surface area (Å²) in [6.07, 6.45) is 12.5. The maximum Gasteiger partial charge on any atom is 0.0953 e. The molecule has 0 heterocycles. The Hall–Kier alpha value is -3.10. The van der Waals surface area contributed by atoms with Crippen molar-refractivity contribution in [2.24, 2.45) is 0 Å². The molecule has 2 aromatic rings. The summed E-state index contributed by atoms with van der Waals surface area (Å²) >= 11 is 0. The highest BCUT2D eigenvalue weighted by Gasteiger charge is 2.11. The summed E-state index contributed by atoms with van der Waals surface area (Å²) in [6.45, 7) is 7.98. The highest BCUT2D eigenvalue weighted by molar-refractivity contribution is 5.91. The number of unbranched alkanes of at least 4 members (excludes halogenated alkanes) is 3. The van der Waals surface area contributed by atoms with E-state index in [0.29, 0.717) is 0 Å². The molecule has 0 saturated heterocycles. The first kappa shape index (κ1) is 20.2. The first-order valence-corrected chi connectivity index (χ1v) is 9.53. The summed E-state index contributed by atoms with van der Waals surface area (Å²) < 4.78 is 0. The molecule has 2 nitrogen and oxygen atoms in total. The van der Waals surface area contributed by atoms with Gasteiger partial charge in [-0.1, -0.05) is 75.3 Å². The number of rotatable bonds is 7. The lowest BCUT2D eigenvalue weighted by molar-refractivity contribution is 0.679. The Bertz CT molecular complexity index is 1060. The molecule has 0 bridgehead atoms. The molecule has 2 rings (SSSR count). The number of nitrogens with zero attached hydrogens (tertiary/aromatic N) is 2. The minimum atomic E-state index is 0.774. The minimum absolute atomic E-state index is 0.774. The van der Waals surface area contributed by atoms with Gasteiger partial charge in [0.1, 0.15) is 0 Å². The van der Waals surface area contributed by atoms with E-state index in [0.717, 1.165) is 57.2 Å². The van der Waals surface area contributed by atoms with Crippen LogP contribution in [-0.4, -0.2) is 0 Å². The highest BCUT2D eigenvalue weighted by Crippen LogP contribution is 2.16. The van der Waals surface area contributed by atoms with Crippen LogP contribution in [0.5, 0.6) is 0 Å². The van der Waals surface area contributed by atoms with Gasteiger partial charge in [0.15, 0.2) is 0 Å². The van der Waals surface area contributed by atoms with E-state index >= 15 is 0 Å². The van der Waals surface area contributed by atoms with Crippen LogP contribution >= 0.6 is 0 Å². The third-order valence-electron chi connectivity index (χ3n) is 4.89. The Morgan fingerprint density at radius 2 is 1.85 bits per heavy atom. The zero-order valence-corrected chi connectivity index (χ0v) is 16.3. The molecule has 0 saturated carbocycles. The summed E-state index contributed by atoms with van der Waals surface area (Å²) in [6, 6.07) is 12.7. The van der Waals surface area contributed by atoms with E-state index in [1.165, 1.54) is 12.8 Å². The van der Waals surface area contributed by atoms with Gasteiger partial charge in [0.25, 0.3) is 0 Å². The van der Waals surface area contributed by atoms with Crippen molar-refractivity contribution in [2.75, 3.05) is 0 Å². The van der Waals surface area contributed by atoms with Crippen molar-refractivity contribution in [1.29, 1.82) is 10.5 Å². The number of hydrogen-bond donors (Lipinski definition) is 0. The molecule has 0 spiro atoms. The Kier molecular flexibility index (Phi) is 7.60. The smallest absolute Gasteiger partial charge is 0.0953 e. The average Bonchev–Trinajstić information content (AvgIpc) is 2.69. The largest absolute Gasteiger partial charge is 0.193 e. The van der Waals surface area contributed by atoms with E-state index in [2.05, 4.69) is 25.6 Å². The van der Waals surface area contributed by atoms with Crippen LogP contribution in [-0.2, 0) is 0 Å². The molecular formula is C25H26N2. The van der Waals surface area contributed by atoms with Crippen molar-refractivity contribution >= 4 is 28.5 Å². The molecular weight excluding hydrogens is 328 g/mol. The monoisotopic (exact) mass is 354 g/mol. The Balaban J connectivity index is 2.94. The maximum absolute atomic E-state index is 9.92. The molecule has 0 aliphatic carbocycles. The molecule has 0 fully saturated rings. The Labute approximate surface area is 162 Å². The standard InChI is InChI=1S/C25H26N2/c1-4-6-8-9-12-20(18-27)25-22(13-7-5-2)19(3)21(16-17-26)23-14-10-11-15-24(23)25/h5,7,10-11,13-16H,2,4,6,8-9,12H2,1,3H3/b13-7-,21-16?,25-20-. The van der Waals surface area contributed by atoms with Gasteiger partial charge in [-0.3, -0.25) is 0 Å². The van der Waals surface area contributed by atoms with Crippen molar-refractivity contribution in [3.05, 3.63) is 64.6 Å². The number of benzene rings is 2. The fourth-order valence-corrected chi connectivity index (χ4v) is 3.53. The fraction of sp³-hybridized carbons (Fsp3) is 0.280. The van der Waals surface area contributed by atoms with Gasteiger partial charge in [-0.2, -0.15) is 10.5 Å². The van der Waals surface area contributed by atoms with Crippen LogP contribution < -0.4 is 10.4 Å². The van der Waals surface area contributed by atoms with E-state index < -0.39 is 0 Å². The van der Waals surface area contributed by atoms with Crippen molar-refractivity contribution < 1.29 is 0 Å². The zero-order chi connectivity index (χ0) is 19.6. The number of nitriles is 2. The second-order valence-electron chi connectivity index (χ2n) is 6.64. The first-order chi connectivity index (χ1) is 13.2. The number of hydrogen-bond acceptors (Lipinski definition) is 2. The van der Waals surface area contributed by atoms with Crippen LogP contribution in [0.15, 0.2) is 43.0 Å². The predicted octanol–water partition coefficient (Wildman–Crippen LogP) is 5.30. The molecule has 0 aliphatic heterocycles. The van der Waals surface area contributed by atoms with Crippen LogP contribution in [0.25, 0.3) is 28.5 Å². The van der Waals surface area contributed by atoms with Crippen molar-refractivity contribution in [1.82, 2.24) is 0 Å². The Morgan fingerprint density at radius 3 is 2.48 bits per heavy atom. The number of fused-ring (bicyclic) bond motifs is 1. The molecule has 0 aliphatic rings. The molecule has 0 N–H and O–H groups in total. The maximum atomic E-state index is 9.92. The third-order valence-corrected chi connectivity index (χ3v) is 4.89. The van der Waals surface area contributed by atoms with E-state index in [4.69, 9.17) is 0 Å². The van der Waals surface area contributed by atoms with Crippen LogP contribution in [0.2, 0.25) is 0 Å².